The van der Waals surface area contributed by atoms with E-state index in [-0.39, 0.29) is 18.6 Å². The highest BCUT2D eigenvalue weighted by atomic mass is 35.5. The van der Waals surface area contributed by atoms with Gasteiger partial charge in [0.05, 0.1) is 11.6 Å². The first-order valence-electron chi connectivity index (χ1n) is 10.6. The van der Waals surface area contributed by atoms with E-state index < -0.39 is 5.97 Å². The highest BCUT2D eigenvalue weighted by Crippen LogP contribution is 2.29. The van der Waals surface area contributed by atoms with Crippen molar-refractivity contribution < 1.29 is 14.3 Å². The second kappa shape index (κ2) is 10.7. The van der Waals surface area contributed by atoms with Crippen LogP contribution < -0.4 is 5.32 Å². The van der Waals surface area contributed by atoms with Crippen LogP contribution in [0.5, 0.6) is 0 Å². The molecule has 1 N–H and O–H groups in total. The molecule has 1 aliphatic carbocycles. The van der Waals surface area contributed by atoms with Crippen molar-refractivity contribution in [3.8, 4) is 0 Å². The summed E-state index contributed by atoms with van der Waals surface area (Å²) in [7, 11) is 0. The van der Waals surface area contributed by atoms with Gasteiger partial charge in [-0.25, -0.2) is 4.79 Å². The van der Waals surface area contributed by atoms with E-state index in [1.807, 2.05) is 48.5 Å². The van der Waals surface area contributed by atoms with Crippen LogP contribution in [0.25, 0.3) is 0 Å². The Bertz CT molecular complexity index is 1080. The molecule has 1 aliphatic rings. The average molecular weight is 466 g/mol. The number of nitrogens with one attached hydrogen (secondary N) is 1. The molecule has 0 saturated heterocycles. The summed E-state index contributed by atoms with van der Waals surface area (Å²) in [5.74, 6) is -0.000441. The van der Waals surface area contributed by atoms with E-state index >= 15 is 0 Å². The van der Waals surface area contributed by atoms with Gasteiger partial charge < -0.3 is 10.1 Å². The summed E-state index contributed by atoms with van der Waals surface area (Å²) < 4.78 is 5.23. The molecule has 0 aliphatic heterocycles. The molecule has 0 radical (unpaired) electrons. The lowest BCUT2D eigenvalue weighted by Gasteiger charge is -2.26. The van der Waals surface area contributed by atoms with Crippen LogP contribution in [0.2, 0.25) is 5.02 Å². The molecule has 6 heteroatoms. The topological polar surface area (TPSA) is 55.4 Å². The maximum absolute atomic E-state index is 12.4. The van der Waals surface area contributed by atoms with Gasteiger partial charge in [0.15, 0.2) is 6.61 Å². The van der Waals surface area contributed by atoms with Crippen molar-refractivity contribution >= 4 is 35.2 Å². The molecule has 32 heavy (non-hydrogen) atoms. The van der Waals surface area contributed by atoms with E-state index in [2.05, 4.69) is 17.4 Å². The number of esters is 1. The zero-order valence-corrected chi connectivity index (χ0v) is 19.1. The molecule has 4 rings (SSSR count). The van der Waals surface area contributed by atoms with Gasteiger partial charge in [-0.05, 0) is 72.4 Å². The Kier molecular flexibility index (Phi) is 7.51. The standard InChI is InChI=1S/C26H24ClNO3S/c27-21-12-14-22(15-13-21)32-17-18-8-10-20(11-9-18)26(30)31-16-25(29)28-24-7-3-5-19-4-1-2-6-23(19)24/h1-2,4,6,8-15,24H,3,5,7,16-17H2,(H,28,29). The fraction of sp³-hybridized carbons (Fsp3) is 0.231. The molecule has 3 aromatic carbocycles. The zero-order valence-electron chi connectivity index (χ0n) is 17.6. The number of amides is 1. The van der Waals surface area contributed by atoms with Gasteiger partial charge >= 0.3 is 5.97 Å². The number of hydrogen-bond acceptors (Lipinski definition) is 4. The lowest BCUT2D eigenvalue weighted by atomic mass is 9.88. The van der Waals surface area contributed by atoms with Crippen LogP contribution in [-0.2, 0) is 21.7 Å². The van der Waals surface area contributed by atoms with Crippen molar-refractivity contribution in [3.63, 3.8) is 0 Å². The third kappa shape index (κ3) is 5.93. The normalized spacial score (nSPS) is 15.0. The molecule has 3 aromatic rings. The van der Waals surface area contributed by atoms with Gasteiger partial charge in [0.25, 0.3) is 5.91 Å². The second-order valence-electron chi connectivity index (χ2n) is 7.73. The number of carbonyl (C=O) groups excluding carboxylic acids is 2. The van der Waals surface area contributed by atoms with Crippen LogP contribution in [0.1, 0.15) is 45.9 Å². The maximum atomic E-state index is 12.4. The minimum Gasteiger partial charge on any atom is -0.452 e. The van der Waals surface area contributed by atoms with Crippen LogP contribution in [0.4, 0.5) is 0 Å². The summed E-state index contributed by atoms with van der Waals surface area (Å²) in [4.78, 5) is 25.8. The Morgan fingerprint density at radius 1 is 1.00 bits per heavy atom. The van der Waals surface area contributed by atoms with Crippen LogP contribution in [0, 0.1) is 0 Å². The highest BCUT2D eigenvalue weighted by molar-refractivity contribution is 7.98. The Morgan fingerprint density at radius 2 is 1.75 bits per heavy atom. The predicted octanol–water partition coefficient (Wildman–Crippen LogP) is 5.98. The average Bonchev–Trinajstić information content (AvgIpc) is 2.83. The number of benzene rings is 3. The first-order chi connectivity index (χ1) is 15.6. The van der Waals surface area contributed by atoms with E-state index in [0.717, 1.165) is 46.1 Å². The smallest absolute Gasteiger partial charge is 0.338 e. The Morgan fingerprint density at radius 3 is 2.53 bits per heavy atom. The van der Waals surface area contributed by atoms with Crippen molar-refractivity contribution in [1.82, 2.24) is 5.32 Å². The van der Waals surface area contributed by atoms with Gasteiger partial charge in [0.1, 0.15) is 0 Å². The molecular formula is C26H24ClNO3S. The van der Waals surface area contributed by atoms with Gasteiger partial charge in [-0.15, -0.1) is 11.8 Å². The molecule has 0 fully saturated rings. The molecule has 1 atom stereocenters. The SMILES string of the molecule is O=C(COC(=O)c1ccc(CSc2ccc(Cl)cc2)cc1)NC1CCCc2ccccc21. The molecule has 0 spiro atoms. The number of ether oxygens (including phenoxy) is 1. The Labute approximate surface area is 197 Å². The second-order valence-corrected chi connectivity index (χ2v) is 9.21. The first-order valence-corrected chi connectivity index (χ1v) is 12.0. The Balaban J connectivity index is 1.25. The summed E-state index contributed by atoms with van der Waals surface area (Å²) in [6, 6.07) is 23.1. The Hall–Kier alpha value is -2.76. The monoisotopic (exact) mass is 465 g/mol. The van der Waals surface area contributed by atoms with Gasteiger partial charge in [-0.3, -0.25) is 4.79 Å². The van der Waals surface area contributed by atoms with E-state index in [1.165, 1.54) is 5.56 Å². The summed E-state index contributed by atoms with van der Waals surface area (Å²) in [6.07, 6.45) is 2.96. The van der Waals surface area contributed by atoms with Crippen molar-refractivity contribution in [2.24, 2.45) is 0 Å². The fourth-order valence-corrected chi connectivity index (χ4v) is 4.77. The van der Waals surface area contributed by atoms with Crippen molar-refractivity contribution in [1.29, 1.82) is 0 Å². The lowest BCUT2D eigenvalue weighted by Crippen LogP contribution is -2.34. The minimum absolute atomic E-state index is 0.0245. The highest BCUT2D eigenvalue weighted by Gasteiger charge is 2.22. The van der Waals surface area contributed by atoms with E-state index in [0.29, 0.717) is 5.56 Å². The minimum atomic E-state index is -0.499. The number of fused-ring (bicyclic) bond motifs is 1. The maximum Gasteiger partial charge on any atom is 0.338 e. The number of halogens is 1. The third-order valence-electron chi connectivity index (χ3n) is 5.45. The fourth-order valence-electron chi connectivity index (χ4n) is 3.79. The number of aryl methyl sites for hydroxylation is 1. The van der Waals surface area contributed by atoms with E-state index in [4.69, 9.17) is 16.3 Å². The molecular weight excluding hydrogens is 442 g/mol. The van der Waals surface area contributed by atoms with Crippen molar-refractivity contribution in [2.45, 2.75) is 36.0 Å². The third-order valence-corrected chi connectivity index (χ3v) is 6.78. The largest absolute Gasteiger partial charge is 0.452 e. The van der Waals surface area contributed by atoms with Crippen molar-refractivity contribution in [2.75, 3.05) is 6.61 Å². The summed E-state index contributed by atoms with van der Waals surface area (Å²) in [6.45, 7) is -0.286. The predicted molar refractivity (Wildman–Crippen MR) is 128 cm³/mol. The number of rotatable bonds is 7. The molecule has 1 amide bonds. The van der Waals surface area contributed by atoms with Crippen LogP contribution in [-0.4, -0.2) is 18.5 Å². The summed E-state index contributed by atoms with van der Waals surface area (Å²) in [5, 5.41) is 3.72. The quantitative estimate of drug-likeness (QED) is 0.344. The van der Waals surface area contributed by atoms with Crippen molar-refractivity contribution in [3.05, 3.63) is 100 Å². The molecule has 164 valence electrons. The van der Waals surface area contributed by atoms with Gasteiger partial charge in [0, 0.05) is 15.7 Å². The molecule has 0 aromatic heterocycles. The van der Waals surface area contributed by atoms with Crippen LogP contribution in [0.15, 0.2) is 77.7 Å². The zero-order chi connectivity index (χ0) is 22.3. The first kappa shape index (κ1) is 22.4. The summed E-state index contributed by atoms with van der Waals surface area (Å²) in [5.41, 5.74) is 3.96. The molecule has 0 saturated carbocycles. The van der Waals surface area contributed by atoms with Gasteiger partial charge in [-0.2, -0.15) is 0 Å². The van der Waals surface area contributed by atoms with E-state index in [9.17, 15) is 9.59 Å². The molecule has 4 nitrogen and oxygen atoms in total. The number of hydrogen-bond donors (Lipinski definition) is 1. The lowest BCUT2D eigenvalue weighted by molar-refractivity contribution is -0.125. The van der Waals surface area contributed by atoms with Gasteiger partial charge in [0.2, 0.25) is 0 Å². The molecule has 0 bridgehead atoms. The number of carbonyl (C=O) groups is 2. The van der Waals surface area contributed by atoms with Gasteiger partial charge in [-0.1, -0.05) is 48.0 Å². The molecule has 0 heterocycles. The summed E-state index contributed by atoms with van der Waals surface area (Å²) >= 11 is 7.61. The van der Waals surface area contributed by atoms with E-state index in [1.54, 1.807) is 23.9 Å². The van der Waals surface area contributed by atoms with Crippen LogP contribution in [0.3, 0.4) is 0 Å². The number of thioether (sulfide) groups is 1. The molecule has 1 unspecified atom stereocenters. The van der Waals surface area contributed by atoms with Crippen LogP contribution >= 0.6 is 23.4 Å².